The Hall–Kier alpha value is -1.33. The van der Waals surface area contributed by atoms with Crippen molar-refractivity contribution in [3.8, 4) is 11.8 Å². The fraction of sp³-hybridized carbons (Fsp3) is 0.500. The highest BCUT2D eigenvalue weighted by Crippen LogP contribution is 2.27. The standard InChI is InChI=1S/C14H21N3O3S.ClH/c1-4-14(5-2,10-16)17-21(18,19)13-7-6-11(9-15)8-12(13)20-3;/h6-8,17H,4-5,10,16H2,1-3H3;1H. The minimum absolute atomic E-state index is 0. The lowest BCUT2D eigenvalue weighted by atomic mass is 9.95. The number of methoxy groups -OCH3 is 1. The molecule has 1 aromatic rings. The van der Waals surface area contributed by atoms with Gasteiger partial charge in [0.2, 0.25) is 10.0 Å². The van der Waals surface area contributed by atoms with Crippen LogP contribution in [-0.2, 0) is 10.0 Å². The summed E-state index contributed by atoms with van der Waals surface area (Å²) in [6, 6.07) is 6.16. The number of halogens is 1. The van der Waals surface area contributed by atoms with Crippen molar-refractivity contribution in [2.45, 2.75) is 37.1 Å². The smallest absolute Gasteiger partial charge is 0.244 e. The Kier molecular flexibility index (Phi) is 7.84. The number of hydrogen-bond donors (Lipinski definition) is 2. The Balaban J connectivity index is 0.00000441. The average Bonchev–Trinajstić information content (AvgIpc) is 2.51. The SMILES string of the molecule is CCC(CC)(CN)NS(=O)(=O)c1ccc(C#N)cc1OC.Cl. The first kappa shape index (κ1) is 20.7. The van der Waals surface area contributed by atoms with Gasteiger partial charge < -0.3 is 10.5 Å². The Labute approximate surface area is 138 Å². The summed E-state index contributed by atoms with van der Waals surface area (Å²) in [5.41, 5.74) is 5.38. The molecule has 22 heavy (non-hydrogen) atoms. The molecule has 0 amide bonds. The van der Waals surface area contributed by atoms with E-state index in [9.17, 15) is 8.42 Å². The lowest BCUT2D eigenvalue weighted by Gasteiger charge is -2.31. The van der Waals surface area contributed by atoms with Gasteiger partial charge in [0.05, 0.1) is 18.7 Å². The Bertz CT molecular complexity index is 629. The maximum absolute atomic E-state index is 12.6. The molecule has 0 spiro atoms. The minimum atomic E-state index is -3.79. The second-order valence-electron chi connectivity index (χ2n) is 4.77. The number of nitrogens with one attached hydrogen (secondary N) is 1. The van der Waals surface area contributed by atoms with Crippen LogP contribution >= 0.6 is 12.4 Å². The molecule has 0 atom stereocenters. The Morgan fingerprint density at radius 2 is 1.95 bits per heavy atom. The number of nitriles is 1. The molecule has 0 aromatic heterocycles. The van der Waals surface area contributed by atoms with E-state index in [1.165, 1.54) is 25.3 Å². The molecular formula is C14H22ClN3O3S. The molecule has 3 N–H and O–H groups in total. The van der Waals surface area contributed by atoms with Crippen molar-refractivity contribution in [2.75, 3.05) is 13.7 Å². The molecule has 0 aliphatic carbocycles. The third-order valence-corrected chi connectivity index (χ3v) is 5.30. The summed E-state index contributed by atoms with van der Waals surface area (Å²) in [4.78, 5) is 0.00345. The largest absolute Gasteiger partial charge is 0.495 e. The second kappa shape index (κ2) is 8.34. The monoisotopic (exact) mass is 347 g/mol. The first-order chi connectivity index (χ1) is 9.87. The number of ether oxygens (including phenoxy) is 1. The van der Waals surface area contributed by atoms with E-state index in [1.54, 1.807) is 0 Å². The molecular weight excluding hydrogens is 326 g/mol. The van der Waals surface area contributed by atoms with Gasteiger partial charge in [0.15, 0.2) is 0 Å². The summed E-state index contributed by atoms with van der Waals surface area (Å²) in [6.07, 6.45) is 1.16. The van der Waals surface area contributed by atoms with Crippen LogP contribution in [0, 0.1) is 11.3 Å². The van der Waals surface area contributed by atoms with Gasteiger partial charge in [0, 0.05) is 12.1 Å². The number of hydrogen-bond acceptors (Lipinski definition) is 5. The fourth-order valence-electron chi connectivity index (χ4n) is 2.02. The Morgan fingerprint density at radius 3 is 2.36 bits per heavy atom. The fourth-order valence-corrected chi connectivity index (χ4v) is 3.73. The highest BCUT2D eigenvalue weighted by Gasteiger charge is 2.32. The number of sulfonamides is 1. The van der Waals surface area contributed by atoms with Crippen LogP contribution in [0.2, 0.25) is 0 Å². The molecule has 6 nitrogen and oxygen atoms in total. The summed E-state index contributed by atoms with van der Waals surface area (Å²) >= 11 is 0. The van der Waals surface area contributed by atoms with Crippen molar-refractivity contribution in [1.82, 2.24) is 4.72 Å². The van der Waals surface area contributed by atoms with Gasteiger partial charge in [0.1, 0.15) is 10.6 Å². The molecule has 0 aliphatic rings. The number of benzene rings is 1. The van der Waals surface area contributed by atoms with Gasteiger partial charge in [-0.1, -0.05) is 13.8 Å². The molecule has 0 saturated carbocycles. The summed E-state index contributed by atoms with van der Waals surface area (Å²) in [7, 11) is -2.42. The molecule has 0 radical (unpaired) electrons. The van der Waals surface area contributed by atoms with Crippen molar-refractivity contribution in [2.24, 2.45) is 5.73 Å². The van der Waals surface area contributed by atoms with Gasteiger partial charge in [-0.2, -0.15) is 5.26 Å². The van der Waals surface area contributed by atoms with Gasteiger partial charge in [-0.25, -0.2) is 13.1 Å². The van der Waals surface area contributed by atoms with Crippen LogP contribution in [0.25, 0.3) is 0 Å². The Morgan fingerprint density at radius 1 is 1.36 bits per heavy atom. The third kappa shape index (κ3) is 4.34. The van der Waals surface area contributed by atoms with Crippen molar-refractivity contribution < 1.29 is 13.2 Å². The van der Waals surface area contributed by atoms with E-state index in [2.05, 4.69) is 4.72 Å². The summed E-state index contributed by atoms with van der Waals surface area (Å²) in [5.74, 6) is 0.139. The van der Waals surface area contributed by atoms with E-state index < -0.39 is 15.6 Å². The molecule has 0 fully saturated rings. The topological polar surface area (TPSA) is 105 Å². The lowest BCUT2D eigenvalue weighted by Crippen LogP contribution is -2.52. The summed E-state index contributed by atoms with van der Waals surface area (Å²) < 4.78 is 32.9. The average molecular weight is 348 g/mol. The first-order valence-electron chi connectivity index (χ1n) is 6.70. The van der Waals surface area contributed by atoms with E-state index in [4.69, 9.17) is 15.7 Å². The van der Waals surface area contributed by atoms with Crippen LogP contribution in [0.4, 0.5) is 0 Å². The molecule has 0 heterocycles. The van der Waals surface area contributed by atoms with Crippen molar-refractivity contribution in [1.29, 1.82) is 5.26 Å². The summed E-state index contributed by atoms with van der Waals surface area (Å²) in [5, 5.41) is 8.86. The highest BCUT2D eigenvalue weighted by molar-refractivity contribution is 7.89. The van der Waals surface area contributed by atoms with Crippen molar-refractivity contribution in [3.05, 3.63) is 23.8 Å². The van der Waals surface area contributed by atoms with E-state index in [-0.39, 0.29) is 29.6 Å². The van der Waals surface area contributed by atoms with Gasteiger partial charge in [-0.05, 0) is 31.0 Å². The zero-order valence-electron chi connectivity index (χ0n) is 12.9. The number of nitrogens with two attached hydrogens (primary N) is 1. The molecule has 8 heteroatoms. The van der Waals surface area contributed by atoms with Gasteiger partial charge >= 0.3 is 0 Å². The zero-order valence-corrected chi connectivity index (χ0v) is 14.6. The van der Waals surface area contributed by atoms with Crippen LogP contribution < -0.4 is 15.2 Å². The van der Waals surface area contributed by atoms with Crippen molar-refractivity contribution >= 4 is 22.4 Å². The van der Waals surface area contributed by atoms with Gasteiger partial charge in [0.25, 0.3) is 0 Å². The molecule has 1 aromatic carbocycles. The quantitative estimate of drug-likeness (QED) is 0.782. The number of nitrogens with zero attached hydrogens (tertiary/aromatic N) is 1. The minimum Gasteiger partial charge on any atom is -0.495 e. The van der Waals surface area contributed by atoms with E-state index in [1.807, 2.05) is 19.9 Å². The maximum atomic E-state index is 12.6. The normalized spacial score (nSPS) is 11.4. The summed E-state index contributed by atoms with van der Waals surface area (Å²) in [6.45, 7) is 3.97. The second-order valence-corrected chi connectivity index (χ2v) is 6.43. The van der Waals surface area contributed by atoms with E-state index >= 15 is 0 Å². The van der Waals surface area contributed by atoms with Crippen LogP contribution in [0.5, 0.6) is 5.75 Å². The van der Waals surface area contributed by atoms with Gasteiger partial charge in [-0.3, -0.25) is 0 Å². The lowest BCUT2D eigenvalue weighted by molar-refractivity contribution is 0.360. The maximum Gasteiger partial charge on any atom is 0.244 e. The predicted octanol–water partition coefficient (Wildman–Crippen LogP) is 1.78. The van der Waals surface area contributed by atoms with Crippen LogP contribution in [0.15, 0.2) is 23.1 Å². The van der Waals surface area contributed by atoms with Crippen LogP contribution in [0.1, 0.15) is 32.3 Å². The molecule has 0 bridgehead atoms. The molecule has 124 valence electrons. The van der Waals surface area contributed by atoms with Crippen molar-refractivity contribution in [3.63, 3.8) is 0 Å². The number of rotatable bonds is 7. The van der Waals surface area contributed by atoms with E-state index in [0.29, 0.717) is 18.4 Å². The third-order valence-electron chi connectivity index (χ3n) is 3.68. The molecule has 1 rings (SSSR count). The molecule has 0 unspecified atom stereocenters. The first-order valence-corrected chi connectivity index (χ1v) is 8.18. The highest BCUT2D eigenvalue weighted by atomic mass is 35.5. The predicted molar refractivity (Wildman–Crippen MR) is 87.6 cm³/mol. The van der Waals surface area contributed by atoms with E-state index in [0.717, 1.165) is 0 Å². The zero-order chi connectivity index (χ0) is 16.1. The molecule has 0 saturated heterocycles. The van der Waals surface area contributed by atoms with Crippen LogP contribution in [0.3, 0.4) is 0 Å². The van der Waals surface area contributed by atoms with Gasteiger partial charge in [-0.15, -0.1) is 12.4 Å². The molecule has 0 aliphatic heterocycles. The van der Waals surface area contributed by atoms with Crippen LogP contribution in [-0.4, -0.2) is 27.6 Å².